The molecule has 0 spiro atoms. The number of piperidine rings is 1. The van der Waals surface area contributed by atoms with Gasteiger partial charge in [0, 0.05) is 37.2 Å². The SMILES string of the molecule is CC(C)C(=O)N1CCC(Cn2nc(-c3ccccc3)ccc2=O)CC1. The third-order valence-corrected chi connectivity index (χ3v) is 4.79. The number of benzene rings is 1. The van der Waals surface area contributed by atoms with E-state index in [9.17, 15) is 9.59 Å². The summed E-state index contributed by atoms with van der Waals surface area (Å²) in [4.78, 5) is 26.2. The van der Waals surface area contributed by atoms with E-state index < -0.39 is 0 Å². The average molecular weight is 339 g/mol. The highest BCUT2D eigenvalue weighted by Gasteiger charge is 2.24. The molecule has 132 valence electrons. The Balaban J connectivity index is 1.68. The number of carbonyl (C=O) groups is 1. The molecule has 5 heteroatoms. The number of likely N-dealkylation sites (tertiary alicyclic amines) is 1. The highest BCUT2D eigenvalue weighted by Crippen LogP contribution is 2.20. The maximum absolute atomic E-state index is 12.2. The number of rotatable bonds is 4. The topological polar surface area (TPSA) is 55.2 Å². The maximum atomic E-state index is 12.2. The fourth-order valence-electron chi connectivity index (χ4n) is 3.29. The molecule has 5 nitrogen and oxygen atoms in total. The van der Waals surface area contributed by atoms with Gasteiger partial charge in [-0.1, -0.05) is 44.2 Å². The lowest BCUT2D eigenvalue weighted by molar-refractivity contribution is -0.135. The van der Waals surface area contributed by atoms with E-state index in [4.69, 9.17) is 0 Å². The molecule has 1 amide bonds. The van der Waals surface area contributed by atoms with Gasteiger partial charge in [-0.05, 0) is 24.8 Å². The van der Waals surface area contributed by atoms with Crippen molar-refractivity contribution in [2.75, 3.05) is 13.1 Å². The summed E-state index contributed by atoms with van der Waals surface area (Å²) >= 11 is 0. The van der Waals surface area contributed by atoms with Crippen LogP contribution in [0.3, 0.4) is 0 Å². The van der Waals surface area contributed by atoms with Gasteiger partial charge >= 0.3 is 0 Å². The van der Waals surface area contributed by atoms with Gasteiger partial charge in [0.05, 0.1) is 5.69 Å². The van der Waals surface area contributed by atoms with E-state index in [0.29, 0.717) is 12.5 Å². The zero-order chi connectivity index (χ0) is 17.8. The second-order valence-electron chi connectivity index (χ2n) is 7.03. The van der Waals surface area contributed by atoms with Gasteiger partial charge in [0.2, 0.25) is 5.91 Å². The van der Waals surface area contributed by atoms with Crippen molar-refractivity contribution in [2.45, 2.75) is 33.2 Å². The molecule has 0 radical (unpaired) electrons. The third-order valence-electron chi connectivity index (χ3n) is 4.79. The quantitative estimate of drug-likeness (QED) is 0.861. The van der Waals surface area contributed by atoms with Crippen molar-refractivity contribution in [3.8, 4) is 11.3 Å². The van der Waals surface area contributed by atoms with E-state index in [0.717, 1.165) is 37.2 Å². The van der Waals surface area contributed by atoms with Crippen molar-refractivity contribution in [1.29, 1.82) is 0 Å². The largest absolute Gasteiger partial charge is 0.342 e. The fraction of sp³-hybridized carbons (Fsp3) is 0.450. The predicted molar refractivity (Wildman–Crippen MR) is 98.1 cm³/mol. The van der Waals surface area contributed by atoms with Crippen LogP contribution in [0.2, 0.25) is 0 Å². The van der Waals surface area contributed by atoms with Crippen LogP contribution in [-0.2, 0) is 11.3 Å². The van der Waals surface area contributed by atoms with Gasteiger partial charge in [-0.15, -0.1) is 0 Å². The van der Waals surface area contributed by atoms with E-state index >= 15 is 0 Å². The van der Waals surface area contributed by atoms with Crippen LogP contribution in [0.5, 0.6) is 0 Å². The summed E-state index contributed by atoms with van der Waals surface area (Å²) in [5.74, 6) is 0.649. The van der Waals surface area contributed by atoms with Crippen molar-refractivity contribution in [2.24, 2.45) is 11.8 Å². The van der Waals surface area contributed by atoms with Crippen LogP contribution in [0.15, 0.2) is 47.3 Å². The minimum atomic E-state index is -0.0691. The van der Waals surface area contributed by atoms with Crippen molar-refractivity contribution in [1.82, 2.24) is 14.7 Å². The molecule has 3 rings (SSSR count). The monoisotopic (exact) mass is 339 g/mol. The minimum absolute atomic E-state index is 0.0448. The van der Waals surface area contributed by atoms with E-state index in [-0.39, 0.29) is 17.4 Å². The number of carbonyl (C=O) groups excluding carboxylic acids is 1. The molecule has 0 N–H and O–H groups in total. The lowest BCUT2D eigenvalue weighted by Gasteiger charge is -2.33. The molecule has 0 unspecified atom stereocenters. The van der Waals surface area contributed by atoms with Crippen LogP contribution in [-0.4, -0.2) is 33.7 Å². The Morgan fingerprint density at radius 3 is 2.44 bits per heavy atom. The Bertz CT molecular complexity index is 775. The number of nitrogens with zero attached hydrogens (tertiary/aromatic N) is 3. The minimum Gasteiger partial charge on any atom is -0.342 e. The fourth-order valence-corrected chi connectivity index (χ4v) is 3.29. The number of hydrogen-bond acceptors (Lipinski definition) is 3. The number of hydrogen-bond donors (Lipinski definition) is 0. The summed E-state index contributed by atoms with van der Waals surface area (Å²) in [6, 6.07) is 13.2. The highest BCUT2D eigenvalue weighted by atomic mass is 16.2. The van der Waals surface area contributed by atoms with E-state index in [1.807, 2.05) is 49.1 Å². The second kappa shape index (κ2) is 7.64. The molecule has 1 saturated heterocycles. The smallest absolute Gasteiger partial charge is 0.266 e. The van der Waals surface area contributed by atoms with Crippen LogP contribution in [0, 0.1) is 11.8 Å². The predicted octanol–water partition coefficient (Wildman–Crippen LogP) is 2.80. The normalized spacial score (nSPS) is 15.6. The Morgan fingerprint density at radius 1 is 1.12 bits per heavy atom. The van der Waals surface area contributed by atoms with Gasteiger partial charge in [-0.3, -0.25) is 9.59 Å². The standard InChI is InChI=1S/C20H25N3O2/c1-15(2)20(25)22-12-10-16(11-13-22)14-23-19(24)9-8-18(21-23)17-6-4-3-5-7-17/h3-9,15-16H,10-14H2,1-2H3. The van der Waals surface area contributed by atoms with Crippen molar-refractivity contribution >= 4 is 5.91 Å². The summed E-state index contributed by atoms with van der Waals surface area (Å²) in [7, 11) is 0. The summed E-state index contributed by atoms with van der Waals surface area (Å²) in [6.45, 7) is 6.03. The Morgan fingerprint density at radius 2 is 1.80 bits per heavy atom. The van der Waals surface area contributed by atoms with Crippen molar-refractivity contribution in [3.05, 3.63) is 52.8 Å². The van der Waals surface area contributed by atoms with Crippen molar-refractivity contribution < 1.29 is 4.79 Å². The summed E-state index contributed by atoms with van der Waals surface area (Å²) in [5.41, 5.74) is 1.75. The highest BCUT2D eigenvalue weighted by molar-refractivity contribution is 5.78. The first-order valence-electron chi connectivity index (χ1n) is 8.97. The van der Waals surface area contributed by atoms with Gasteiger partial charge in [0.25, 0.3) is 5.56 Å². The van der Waals surface area contributed by atoms with Crippen LogP contribution in [0.25, 0.3) is 11.3 Å². The molecule has 1 aromatic carbocycles. The molecule has 0 bridgehead atoms. The Kier molecular flexibility index (Phi) is 5.31. The van der Waals surface area contributed by atoms with Gasteiger partial charge < -0.3 is 4.90 Å². The lowest BCUT2D eigenvalue weighted by Crippen LogP contribution is -2.42. The third kappa shape index (κ3) is 4.16. The van der Waals surface area contributed by atoms with Crippen molar-refractivity contribution in [3.63, 3.8) is 0 Å². The van der Waals surface area contributed by atoms with Crippen LogP contribution in [0.1, 0.15) is 26.7 Å². The van der Waals surface area contributed by atoms with Gasteiger partial charge in [-0.25, -0.2) is 4.68 Å². The molecule has 0 saturated carbocycles. The summed E-state index contributed by atoms with van der Waals surface area (Å²) in [5, 5.41) is 4.54. The van der Waals surface area contributed by atoms with Gasteiger partial charge in [-0.2, -0.15) is 5.10 Å². The Hall–Kier alpha value is -2.43. The lowest BCUT2D eigenvalue weighted by atomic mass is 9.96. The van der Waals surface area contributed by atoms with E-state index in [2.05, 4.69) is 5.10 Å². The zero-order valence-corrected chi connectivity index (χ0v) is 14.9. The van der Waals surface area contributed by atoms with Gasteiger partial charge in [0.15, 0.2) is 0 Å². The van der Waals surface area contributed by atoms with Crippen LogP contribution < -0.4 is 5.56 Å². The Labute approximate surface area is 148 Å². The molecule has 2 heterocycles. The van der Waals surface area contributed by atoms with E-state index in [1.165, 1.54) is 0 Å². The van der Waals surface area contributed by atoms with Gasteiger partial charge in [0.1, 0.15) is 0 Å². The first-order chi connectivity index (χ1) is 12.0. The molecule has 25 heavy (non-hydrogen) atoms. The number of aromatic nitrogens is 2. The van der Waals surface area contributed by atoms with Crippen LogP contribution in [0.4, 0.5) is 0 Å². The molecule has 1 aliphatic heterocycles. The molecular weight excluding hydrogens is 314 g/mol. The summed E-state index contributed by atoms with van der Waals surface area (Å²) in [6.07, 6.45) is 1.84. The second-order valence-corrected chi connectivity index (χ2v) is 7.03. The molecule has 1 aliphatic rings. The first kappa shape index (κ1) is 17.4. The maximum Gasteiger partial charge on any atom is 0.266 e. The van der Waals surface area contributed by atoms with E-state index in [1.54, 1.807) is 16.8 Å². The molecule has 1 fully saturated rings. The zero-order valence-electron chi connectivity index (χ0n) is 14.9. The molecule has 0 atom stereocenters. The molecule has 1 aromatic heterocycles. The molecule has 2 aromatic rings. The number of amides is 1. The average Bonchev–Trinajstić information content (AvgIpc) is 2.64. The van der Waals surface area contributed by atoms with Crippen LogP contribution >= 0.6 is 0 Å². The molecular formula is C20H25N3O2. The molecule has 0 aliphatic carbocycles. The first-order valence-corrected chi connectivity index (χ1v) is 8.97. The summed E-state index contributed by atoms with van der Waals surface area (Å²) < 4.78 is 1.58.